The topological polar surface area (TPSA) is 77.8 Å². The van der Waals surface area contributed by atoms with Crippen LogP contribution in [0.5, 0.6) is 0 Å². The Morgan fingerprint density at radius 2 is 1.81 bits per heavy atom. The van der Waals surface area contributed by atoms with Crippen molar-refractivity contribution < 1.29 is 20.1 Å². The minimum absolute atomic E-state index is 0.186. The third-order valence-corrected chi connectivity index (χ3v) is 6.22. The number of halogens is 1. The molecular weight excluding hydrogens is 396 g/mol. The number of carbonyl (C=O) groups is 1. The van der Waals surface area contributed by atoms with Crippen LogP contribution in [0.15, 0.2) is 24.3 Å². The quantitative estimate of drug-likeness (QED) is 0.165. The molecule has 1 saturated carbocycles. The van der Waals surface area contributed by atoms with E-state index in [0.29, 0.717) is 24.2 Å². The van der Waals surface area contributed by atoms with Gasteiger partial charge in [0.1, 0.15) is 0 Å². The normalized spacial score (nSPS) is 24.1. The Balaban J connectivity index is 2.42. The van der Waals surface area contributed by atoms with Gasteiger partial charge < -0.3 is 15.3 Å². The van der Waals surface area contributed by atoms with E-state index in [-0.39, 0.29) is 6.42 Å². The van der Waals surface area contributed by atoms with Crippen LogP contribution in [-0.2, 0) is 4.79 Å². The molecule has 0 aromatic rings. The first-order valence-corrected chi connectivity index (χ1v) is 11.1. The first-order chi connectivity index (χ1) is 12.4. The monoisotopic (exact) mass is 430 g/mol. The third kappa shape index (κ3) is 8.36. The summed E-state index contributed by atoms with van der Waals surface area (Å²) in [6.07, 6.45) is 18.6. The van der Waals surface area contributed by atoms with Crippen molar-refractivity contribution in [2.24, 2.45) is 17.8 Å². The van der Waals surface area contributed by atoms with Crippen LogP contribution in [0.3, 0.4) is 0 Å². The molecule has 0 aromatic carbocycles. The van der Waals surface area contributed by atoms with Gasteiger partial charge in [-0.15, -0.1) is 0 Å². The number of hydrogen-bond acceptors (Lipinski definition) is 3. The van der Waals surface area contributed by atoms with Crippen LogP contribution in [0.4, 0.5) is 0 Å². The minimum atomic E-state index is -2.62. The molecule has 0 heterocycles. The highest BCUT2D eigenvalue weighted by Crippen LogP contribution is 2.41. The fourth-order valence-corrected chi connectivity index (χ4v) is 4.45. The Morgan fingerprint density at radius 3 is 2.46 bits per heavy atom. The number of aliphatic carboxylic acids is 1. The molecule has 1 aliphatic rings. The van der Waals surface area contributed by atoms with Crippen LogP contribution in [0.25, 0.3) is 0 Å². The van der Waals surface area contributed by atoms with E-state index >= 15 is 0 Å². The van der Waals surface area contributed by atoms with Gasteiger partial charge in [0.05, 0.1) is 0 Å². The lowest BCUT2D eigenvalue weighted by Crippen LogP contribution is -2.37. The number of aliphatic hydroxyl groups is 2. The van der Waals surface area contributed by atoms with Crippen LogP contribution in [0.1, 0.15) is 71.1 Å². The Kier molecular flexibility index (Phi) is 11.4. The molecule has 0 spiro atoms. The second-order valence-corrected chi connectivity index (χ2v) is 8.12. The van der Waals surface area contributed by atoms with Crippen LogP contribution in [0, 0.1) is 17.8 Å². The largest absolute Gasteiger partial charge is 0.477 e. The highest BCUT2D eigenvalue weighted by Gasteiger charge is 2.33. The summed E-state index contributed by atoms with van der Waals surface area (Å²) in [4.78, 5) is 10.7. The van der Waals surface area contributed by atoms with E-state index in [2.05, 4.69) is 41.1 Å². The van der Waals surface area contributed by atoms with Crippen LogP contribution in [-0.4, -0.2) is 32.4 Å². The standard InChI is InChI=1S/C21H35BrO4/c1-2-3-4-5-6-9-12-19-17(13-14-18(19)16-22)11-8-7-10-15-21(25,26)20(23)24/h7-9,12,17-19,25-26H,2-6,10-11,13-16H2,1H3,(H,23,24)/b8-7-,12-9+/t17-,18-,19+/m0/s1. The molecule has 1 aliphatic carbocycles. The molecule has 3 N–H and O–H groups in total. The summed E-state index contributed by atoms with van der Waals surface area (Å²) in [5, 5.41) is 28.3. The molecule has 1 rings (SSSR count). The van der Waals surface area contributed by atoms with E-state index in [1.54, 1.807) is 0 Å². The van der Waals surface area contributed by atoms with Crippen molar-refractivity contribution >= 4 is 21.9 Å². The Bertz CT molecular complexity index is 459. The number of carboxylic acids is 1. The van der Waals surface area contributed by atoms with Gasteiger partial charge in [-0.05, 0) is 56.3 Å². The molecule has 0 bridgehead atoms. The molecule has 3 atom stereocenters. The zero-order chi connectivity index (χ0) is 19.4. The van der Waals surface area contributed by atoms with Gasteiger partial charge in [0.2, 0.25) is 0 Å². The van der Waals surface area contributed by atoms with Gasteiger partial charge >= 0.3 is 5.97 Å². The molecule has 0 unspecified atom stereocenters. The zero-order valence-electron chi connectivity index (χ0n) is 15.9. The van der Waals surface area contributed by atoms with Gasteiger partial charge in [0, 0.05) is 11.8 Å². The number of allylic oxidation sites excluding steroid dienone is 4. The SMILES string of the molecule is CCCCCC/C=C/[C@H]1[C@H](CBr)CC[C@@H]1C/C=C\CCC(O)(O)C(=O)O. The predicted molar refractivity (Wildman–Crippen MR) is 109 cm³/mol. The van der Waals surface area contributed by atoms with Gasteiger partial charge in [-0.1, -0.05) is 66.4 Å². The van der Waals surface area contributed by atoms with E-state index in [0.717, 1.165) is 11.8 Å². The summed E-state index contributed by atoms with van der Waals surface area (Å²) < 4.78 is 0. The number of unbranched alkanes of at least 4 members (excludes halogenated alkanes) is 4. The summed E-state index contributed by atoms with van der Waals surface area (Å²) in [5.74, 6) is -2.31. The predicted octanol–water partition coefficient (Wildman–Crippen LogP) is 5.04. The molecule has 1 fully saturated rings. The molecule has 26 heavy (non-hydrogen) atoms. The minimum Gasteiger partial charge on any atom is -0.477 e. The Morgan fingerprint density at radius 1 is 1.08 bits per heavy atom. The fourth-order valence-electron chi connectivity index (χ4n) is 3.69. The molecule has 150 valence electrons. The van der Waals surface area contributed by atoms with Crippen molar-refractivity contribution in [3.8, 4) is 0 Å². The lowest BCUT2D eigenvalue weighted by molar-refractivity contribution is -0.205. The summed E-state index contributed by atoms with van der Waals surface area (Å²) in [6, 6.07) is 0. The first-order valence-electron chi connectivity index (χ1n) is 9.98. The van der Waals surface area contributed by atoms with Crippen molar-refractivity contribution in [3.63, 3.8) is 0 Å². The van der Waals surface area contributed by atoms with E-state index in [1.807, 2.05) is 6.08 Å². The average Bonchev–Trinajstić information content (AvgIpc) is 2.99. The highest BCUT2D eigenvalue weighted by atomic mass is 79.9. The molecule has 0 aromatic heterocycles. The molecule has 0 radical (unpaired) electrons. The fraction of sp³-hybridized carbons (Fsp3) is 0.762. The number of carboxylic acid groups (broad SMARTS) is 1. The van der Waals surface area contributed by atoms with Gasteiger partial charge in [-0.25, -0.2) is 4.79 Å². The van der Waals surface area contributed by atoms with Crippen LogP contribution < -0.4 is 0 Å². The van der Waals surface area contributed by atoms with E-state index in [1.165, 1.54) is 44.9 Å². The zero-order valence-corrected chi connectivity index (χ0v) is 17.5. The molecule has 0 amide bonds. The molecular formula is C21H35BrO4. The van der Waals surface area contributed by atoms with E-state index < -0.39 is 11.8 Å². The summed E-state index contributed by atoms with van der Waals surface area (Å²) in [7, 11) is 0. The lowest BCUT2D eigenvalue weighted by atomic mass is 9.87. The smallest absolute Gasteiger partial charge is 0.364 e. The maximum Gasteiger partial charge on any atom is 0.364 e. The van der Waals surface area contributed by atoms with Crippen LogP contribution in [0.2, 0.25) is 0 Å². The molecule has 4 nitrogen and oxygen atoms in total. The lowest BCUT2D eigenvalue weighted by Gasteiger charge is -2.19. The van der Waals surface area contributed by atoms with Crippen molar-refractivity contribution in [3.05, 3.63) is 24.3 Å². The van der Waals surface area contributed by atoms with E-state index in [9.17, 15) is 15.0 Å². The van der Waals surface area contributed by atoms with Gasteiger partial charge in [-0.3, -0.25) is 0 Å². The molecule has 0 saturated heterocycles. The average molecular weight is 431 g/mol. The Hall–Kier alpha value is -0.650. The van der Waals surface area contributed by atoms with Crippen molar-refractivity contribution in [2.45, 2.75) is 76.9 Å². The maximum absolute atomic E-state index is 10.7. The number of hydrogen-bond donors (Lipinski definition) is 3. The Labute approximate surface area is 166 Å². The third-order valence-electron chi connectivity index (χ3n) is 5.39. The van der Waals surface area contributed by atoms with Gasteiger partial charge in [0.15, 0.2) is 0 Å². The van der Waals surface area contributed by atoms with Crippen molar-refractivity contribution in [1.82, 2.24) is 0 Å². The van der Waals surface area contributed by atoms with Crippen molar-refractivity contribution in [2.75, 3.05) is 5.33 Å². The molecule has 5 heteroatoms. The van der Waals surface area contributed by atoms with Gasteiger partial charge in [0.25, 0.3) is 5.79 Å². The maximum atomic E-state index is 10.7. The summed E-state index contributed by atoms with van der Waals surface area (Å²) >= 11 is 3.65. The van der Waals surface area contributed by atoms with Crippen LogP contribution >= 0.6 is 15.9 Å². The number of rotatable bonds is 13. The van der Waals surface area contributed by atoms with Gasteiger partial charge in [-0.2, -0.15) is 0 Å². The number of alkyl halides is 1. The van der Waals surface area contributed by atoms with Crippen molar-refractivity contribution in [1.29, 1.82) is 0 Å². The summed E-state index contributed by atoms with van der Waals surface area (Å²) in [5.41, 5.74) is 0. The summed E-state index contributed by atoms with van der Waals surface area (Å²) in [6.45, 7) is 2.23. The van der Waals surface area contributed by atoms with E-state index in [4.69, 9.17) is 5.11 Å². The molecule has 0 aliphatic heterocycles. The second-order valence-electron chi connectivity index (χ2n) is 7.47. The first kappa shape index (κ1) is 23.4. The second kappa shape index (κ2) is 12.7. The highest BCUT2D eigenvalue weighted by molar-refractivity contribution is 9.09.